The SMILES string of the molecule is CC(=O)c1cccc(O[C@@H]2OC(S(=O)(=O)O)[C@@H](O)[C@H](O)[C@H]2O)c1. The average Bonchev–Trinajstić information content (AvgIpc) is 2.47. The standard InChI is InChI=1S/C13H16O9S/c1-6(14)7-3-2-4-8(5-7)21-12-10(16)9(15)11(17)13(22-12)23(18,19)20/h2-5,9-13,15-17H,1H3,(H,18,19,20)/t9-,10-,11+,12-,13?/m1/s1. The maximum atomic E-state index is 11.3. The van der Waals surface area contributed by atoms with Crippen molar-refractivity contribution in [1.29, 1.82) is 0 Å². The van der Waals surface area contributed by atoms with Crippen molar-refractivity contribution in [1.82, 2.24) is 0 Å². The summed E-state index contributed by atoms with van der Waals surface area (Å²) in [5.74, 6) is -0.175. The van der Waals surface area contributed by atoms with Crippen LogP contribution in [0.3, 0.4) is 0 Å². The number of aliphatic hydroxyl groups excluding tert-OH is 3. The second kappa shape index (κ2) is 6.51. The average molecular weight is 348 g/mol. The first kappa shape index (κ1) is 17.8. The van der Waals surface area contributed by atoms with Crippen LogP contribution in [-0.2, 0) is 14.9 Å². The molecule has 0 spiro atoms. The van der Waals surface area contributed by atoms with E-state index in [-0.39, 0.29) is 11.5 Å². The zero-order valence-corrected chi connectivity index (χ0v) is 12.8. The van der Waals surface area contributed by atoms with Crippen LogP contribution in [0.15, 0.2) is 24.3 Å². The summed E-state index contributed by atoms with van der Waals surface area (Å²) in [6.07, 6.45) is -7.42. The first-order chi connectivity index (χ1) is 10.6. The molecular weight excluding hydrogens is 332 g/mol. The molecule has 5 atom stereocenters. The second-order valence-corrected chi connectivity index (χ2v) is 6.56. The summed E-state index contributed by atoms with van der Waals surface area (Å²) in [6.45, 7) is 1.33. The van der Waals surface area contributed by atoms with E-state index in [9.17, 15) is 28.5 Å². The third-order valence-corrected chi connectivity index (χ3v) is 4.29. The highest BCUT2D eigenvalue weighted by molar-refractivity contribution is 7.86. The van der Waals surface area contributed by atoms with E-state index < -0.39 is 40.2 Å². The van der Waals surface area contributed by atoms with E-state index in [0.717, 1.165) is 0 Å². The highest BCUT2D eigenvalue weighted by Gasteiger charge is 2.50. The normalized spacial score (nSPS) is 31.6. The first-order valence-electron chi connectivity index (χ1n) is 6.55. The summed E-state index contributed by atoms with van der Waals surface area (Å²) in [5, 5.41) is 29.1. The topological polar surface area (TPSA) is 151 Å². The lowest BCUT2D eigenvalue weighted by molar-refractivity contribution is -0.254. The highest BCUT2D eigenvalue weighted by atomic mass is 32.2. The van der Waals surface area contributed by atoms with Gasteiger partial charge in [0.15, 0.2) is 5.78 Å². The predicted octanol–water partition coefficient (Wildman–Crippen LogP) is -1.08. The van der Waals surface area contributed by atoms with Gasteiger partial charge in [-0.05, 0) is 19.1 Å². The van der Waals surface area contributed by atoms with E-state index in [1.54, 1.807) is 0 Å². The number of carbonyl (C=O) groups excluding carboxylic acids is 1. The summed E-state index contributed by atoms with van der Waals surface area (Å²) in [6, 6.07) is 5.76. The van der Waals surface area contributed by atoms with Crippen LogP contribution in [0.5, 0.6) is 5.75 Å². The molecule has 0 bridgehead atoms. The molecule has 0 aromatic heterocycles. The number of ether oxygens (including phenoxy) is 2. The molecular formula is C13H16O9S. The Labute approximate surface area is 131 Å². The quantitative estimate of drug-likeness (QED) is 0.393. The van der Waals surface area contributed by atoms with E-state index in [1.165, 1.54) is 31.2 Å². The molecule has 0 aliphatic carbocycles. The van der Waals surface area contributed by atoms with Crippen LogP contribution >= 0.6 is 0 Å². The summed E-state index contributed by atoms with van der Waals surface area (Å²) in [4.78, 5) is 11.3. The van der Waals surface area contributed by atoms with Crippen molar-refractivity contribution in [2.24, 2.45) is 0 Å². The van der Waals surface area contributed by atoms with Gasteiger partial charge in [-0.3, -0.25) is 9.35 Å². The Kier molecular flexibility index (Phi) is 5.04. The highest BCUT2D eigenvalue weighted by Crippen LogP contribution is 2.27. The fourth-order valence-electron chi connectivity index (χ4n) is 2.08. The van der Waals surface area contributed by atoms with Crippen LogP contribution in [0.25, 0.3) is 0 Å². The van der Waals surface area contributed by atoms with Gasteiger partial charge in [0.25, 0.3) is 10.1 Å². The molecule has 4 N–H and O–H groups in total. The third-order valence-electron chi connectivity index (χ3n) is 3.31. The molecule has 1 aromatic rings. The second-order valence-electron chi connectivity index (χ2n) is 5.06. The Hall–Kier alpha value is -1.56. The number of hydrogen-bond acceptors (Lipinski definition) is 8. The zero-order chi connectivity index (χ0) is 17.4. The zero-order valence-electron chi connectivity index (χ0n) is 11.9. The number of aliphatic hydroxyl groups is 3. The lowest BCUT2D eigenvalue weighted by Gasteiger charge is -2.38. The van der Waals surface area contributed by atoms with Crippen LogP contribution in [0.4, 0.5) is 0 Å². The van der Waals surface area contributed by atoms with E-state index in [0.29, 0.717) is 5.56 Å². The number of benzene rings is 1. The van der Waals surface area contributed by atoms with E-state index >= 15 is 0 Å². The Balaban J connectivity index is 2.24. The van der Waals surface area contributed by atoms with Crippen LogP contribution in [0, 0.1) is 0 Å². The van der Waals surface area contributed by atoms with Crippen LogP contribution in [0.1, 0.15) is 17.3 Å². The van der Waals surface area contributed by atoms with Gasteiger partial charge in [0.1, 0.15) is 24.1 Å². The number of ketones is 1. The Bertz CT molecular complexity index is 686. The van der Waals surface area contributed by atoms with Crippen LogP contribution < -0.4 is 4.74 Å². The van der Waals surface area contributed by atoms with Gasteiger partial charge in [0.05, 0.1) is 0 Å². The molecule has 1 unspecified atom stereocenters. The van der Waals surface area contributed by atoms with Crippen molar-refractivity contribution < 1.29 is 42.6 Å². The minimum absolute atomic E-state index is 0.0689. The van der Waals surface area contributed by atoms with Gasteiger partial charge < -0.3 is 24.8 Å². The molecule has 1 saturated heterocycles. The molecule has 128 valence electrons. The molecule has 1 aliphatic rings. The molecule has 2 rings (SSSR count). The largest absolute Gasteiger partial charge is 0.462 e. The maximum absolute atomic E-state index is 11.3. The smallest absolute Gasteiger partial charge is 0.295 e. The molecule has 0 radical (unpaired) electrons. The van der Waals surface area contributed by atoms with Gasteiger partial charge >= 0.3 is 0 Å². The number of carbonyl (C=O) groups is 1. The number of Topliss-reactive ketones (excluding diaryl/α,β-unsaturated/α-hetero) is 1. The van der Waals surface area contributed by atoms with E-state index in [4.69, 9.17) is 14.0 Å². The van der Waals surface area contributed by atoms with Crippen molar-refractivity contribution in [2.75, 3.05) is 0 Å². The lowest BCUT2D eigenvalue weighted by Crippen LogP contribution is -2.61. The number of hydrogen-bond donors (Lipinski definition) is 4. The summed E-state index contributed by atoms with van der Waals surface area (Å²) in [5.41, 5.74) is -1.87. The predicted molar refractivity (Wildman–Crippen MR) is 75.3 cm³/mol. The molecule has 0 saturated carbocycles. The van der Waals surface area contributed by atoms with Crippen LogP contribution in [-0.4, -0.2) is 64.1 Å². The van der Waals surface area contributed by atoms with E-state index in [2.05, 4.69) is 0 Å². The summed E-state index contributed by atoms with van der Waals surface area (Å²) in [7, 11) is -4.86. The molecule has 1 aromatic carbocycles. The Morgan fingerprint density at radius 1 is 1.17 bits per heavy atom. The molecule has 9 nitrogen and oxygen atoms in total. The summed E-state index contributed by atoms with van der Waals surface area (Å²) >= 11 is 0. The van der Waals surface area contributed by atoms with Crippen LogP contribution in [0.2, 0.25) is 0 Å². The van der Waals surface area contributed by atoms with Crippen molar-refractivity contribution >= 4 is 15.9 Å². The number of rotatable bonds is 4. The molecule has 1 heterocycles. The minimum Gasteiger partial charge on any atom is -0.462 e. The Morgan fingerprint density at radius 3 is 2.39 bits per heavy atom. The molecule has 0 amide bonds. The van der Waals surface area contributed by atoms with Gasteiger partial charge in [0.2, 0.25) is 11.7 Å². The molecule has 1 fully saturated rings. The monoisotopic (exact) mass is 348 g/mol. The van der Waals surface area contributed by atoms with Gasteiger partial charge in [0, 0.05) is 5.56 Å². The van der Waals surface area contributed by atoms with Gasteiger partial charge in [-0.25, -0.2) is 0 Å². The first-order valence-corrected chi connectivity index (χ1v) is 8.05. The molecule has 1 aliphatic heterocycles. The van der Waals surface area contributed by atoms with Gasteiger partial charge in [-0.15, -0.1) is 0 Å². The van der Waals surface area contributed by atoms with Gasteiger partial charge in [-0.2, -0.15) is 8.42 Å². The summed E-state index contributed by atoms with van der Waals surface area (Å²) < 4.78 is 41.4. The Morgan fingerprint density at radius 2 is 1.83 bits per heavy atom. The third kappa shape index (κ3) is 3.86. The van der Waals surface area contributed by atoms with Crippen molar-refractivity contribution in [3.05, 3.63) is 29.8 Å². The van der Waals surface area contributed by atoms with Gasteiger partial charge in [-0.1, -0.05) is 12.1 Å². The van der Waals surface area contributed by atoms with Crippen molar-refractivity contribution in [3.8, 4) is 5.75 Å². The lowest BCUT2D eigenvalue weighted by atomic mass is 10.1. The van der Waals surface area contributed by atoms with Crippen molar-refractivity contribution in [3.63, 3.8) is 0 Å². The minimum atomic E-state index is -4.86. The van der Waals surface area contributed by atoms with Crippen molar-refractivity contribution in [2.45, 2.75) is 37.0 Å². The molecule has 23 heavy (non-hydrogen) atoms. The fourth-order valence-corrected chi connectivity index (χ4v) is 2.85. The fraction of sp³-hybridized carbons (Fsp3) is 0.462. The van der Waals surface area contributed by atoms with E-state index in [1.807, 2.05) is 0 Å². The maximum Gasteiger partial charge on any atom is 0.295 e. The molecule has 10 heteroatoms.